The molecule has 0 saturated heterocycles. The lowest BCUT2D eigenvalue weighted by Gasteiger charge is -1.99. The summed E-state index contributed by atoms with van der Waals surface area (Å²) < 4.78 is 18.7. The Morgan fingerprint density at radius 1 is 1.44 bits per heavy atom. The number of rotatable bonds is 2. The summed E-state index contributed by atoms with van der Waals surface area (Å²) in [7, 11) is 0. The van der Waals surface area contributed by atoms with Crippen molar-refractivity contribution in [2.75, 3.05) is 0 Å². The van der Waals surface area contributed by atoms with Crippen molar-refractivity contribution in [3.05, 3.63) is 35.4 Å². The highest BCUT2D eigenvalue weighted by Gasteiger charge is 2.15. The first-order valence-electron chi connectivity index (χ1n) is 4.94. The lowest BCUT2D eigenvalue weighted by molar-refractivity contribution is 0.416. The van der Waals surface area contributed by atoms with Crippen molar-refractivity contribution >= 4 is 0 Å². The zero-order valence-electron chi connectivity index (χ0n) is 9.07. The summed E-state index contributed by atoms with van der Waals surface area (Å²) in [6.07, 6.45) is 0. The van der Waals surface area contributed by atoms with Gasteiger partial charge in [0.1, 0.15) is 5.82 Å². The number of hydrogen-bond donors (Lipinski definition) is 1. The molecule has 0 aliphatic carbocycles. The predicted molar refractivity (Wildman–Crippen MR) is 57.0 cm³/mol. The summed E-state index contributed by atoms with van der Waals surface area (Å²) in [5.74, 6) is 0.187. The molecule has 1 aromatic heterocycles. The van der Waals surface area contributed by atoms with Crippen molar-refractivity contribution in [1.29, 1.82) is 0 Å². The molecule has 0 aliphatic rings. The summed E-state index contributed by atoms with van der Waals surface area (Å²) in [6.45, 7) is 3.42. The van der Waals surface area contributed by atoms with E-state index in [1.807, 2.05) is 0 Å². The largest absolute Gasteiger partial charge is 0.334 e. The molecule has 0 saturated carbocycles. The van der Waals surface area contributed by atoms with Crippen molar-refractivity contribution < 1.29 is 8.91 Å². The monoisotopic (exact) mass is 221 g/mol. The smallest absolute Gasteiger partial charge is 0.260 e. The quantitative estimate of drug-likeness (QED) is 0.844. The third-order valence-electron chi connectivity index (χ3n) is 2.27. The van der Waals surface area contributed by atoms with Gasteiger partial charge >= 0.3 is 0 Å². The highest BCUT2D eigenvalue weighted by atomic mass is 19.1. The molecule has 0 spiro atoms. The van der Waals surface area contributed by atoms with Crippen molar-refractivity contribution in [3.8, 4) is 11.5 Å². The normalized spacial score (nSPS) is 12.8. The summed E-state index contributed by atoms with van der Waals surface area (Å²) in [4.78, 5) is 4.04. The fraction of sp³-hybridized carbons (Fsp3) is 0.273. The molecule has 0 radical (unpaired) electrons. The van der Waals surface area contributed by atoms with Crippen LogP contribution in [0.25, 0.3) is 11.5 Å². The van der Waals surface area contributed by atoms with E-state index in [0.717, 1.165) is 0 Å². The average Bonchev–Trinajstić information content (AvgIpc) is 2.71. The molecule has 1 aromatic carbocycles. The molecule has 1 unspecified atom stereocenters. The number of halogens is 1. The Hall–Kier alpha value is -1.75. The molecule has 1 heterocycles. The van der Waals surface area contributed by atoms with Crippen LogP contribution in [0.3, 0.4) is 0 Å². The molecular formula is C11H12FN3O. The van der Waals surface area contributed by atoms with E-state index in [-0.39, 0.29) is 17.7 Å². The standard InChI is InChI=1S/C11H12FN3O/c1-6-4-3-5-8(9(6)12)11-14-10(7(2)13)15-16-11/h3-5,7H,13H2,1-2H3. The third-order valence-corrected chi connectivity index (χ3v) is 2.27. The number of hydrogen-bond acceptors (Lipinski definition) is 4. The maximum atomic E-state index is 13.7. The number of aryl methyl sites for hydroxylation is 1. The maximum absolute atomic E-state index is 13.7. The molecule has 0 fully saturated rings. The van der Waals surface area contributed by atoms with Gasteiger partial charge < -0.3 is 10.3 Å². The van der Waals surface area contributed by atoms with E-state index in [1.54, 1.807) is 32.0 Å². The predicted octanol–water partition coefficient (Wildman–Crippen LogP) is 2.20. The average molecular weight is 221 g/mol. The molecule has 4 nitrogen and oxygen atoms in total. The van der Waals surface area contributed by atoms with Gasteiger partial charge in [0.15, 0.2) is 5.82 Å². The number of nitrogens with zero attached hydrogens (tertiary/aromatic N) is 2. The second-order valence-corrected chi connectivity index (χ2v) is 3.68. The molecule has 1 atom stereocenters. The van der Waals surface area contributed by atoms with E-state index in [2.05, 4.69) is 10.1 Å². The molecule has 5 heteroatoms. The topological polar surface area (TPSA) is 64.9 Å². The minimum atomic E-state index is -0.345. The summed E-state index contributed by atoms with van der Waals surface area (Å²) in [5.41, 5.74) is 6.44. The fourth-order valence-corrected chi connectivity index (χ4v) is 1.34. The number of aromatic nitrogens is 2. The van der Waals surface area contributed by atoms with Crippen molar-refractivity contribution in [2.24, 2.45) is 5.73 Å². The van der Waals surface area contributed by atoms with Crippen LogP contribution in [0.4, 0.5) is 4.39 Å². The lowest BCUT2D eigenvalue weighted by atomic mass is 10.1. The first kappa shape index (κ1) is 10.8. The Bertz CT molecular complexity index is 508. The van der Waals surface area contributed by atoms with Gasteiger partial charge in [-0.25, -0.2) is 4.39 Å². The van der Waals surface area contributed by atoms with E-state index >= 15 is 0 Å². The second-order valence-electron chi connectivity index (χ2n) is 3.68. The van der Waals surface area contributed by atoms with Crippen LogP contribution < -0.4 is 5.73 Å². The first-order chi connectivity index (χ1) is 7.59. The van der Waals surface area contributed by atoms with Gasteiger partial charge in [-0.3, -0.25) is 0 Å². The van der Waals surface area contributed by atoms with E-state index in [9.17, 15) is 4.39 Å². The number of benzene rings is 1. The van der Waals surface area contributed by atoms with Crippen LogP contribution in [-0.4, -0.2) is 10.1 Å². The first-order valence-corrected chi connectivity index (χ1v) is 4.94. The van der Waals surface area contributed by atoms with E-state index in [4.69, 9.17) is 10.3 Å². The Labute approximate surface area is 92.3 Å². The van der Waals surface area contributed by atoms with E-state index in [0.29, 0.717) is 17.0 Å². The van der Waals surface area contributed by atoms with Crippen LogP contribution in [-0.2, 0) is 0 Å². The Balaban J connectivity index is 2.47. The minimum Gasteiger partial charge on any atom is -0.334 e. The van der Waals surface area contributed by atoms with Crippen molar-refractivity contribution in [2.45, 2.75) is 19.9 Å². The third kappa shape index (κ3) is 1.81. The van der Waals surface area contributed by atoms with Crippen LogP contribution >= 0.6 is 0 Å². The molecule has 2 rings (SSSR count). The van der Waals surface area contributed by atoms with Crippen LogP contribution in [0.2, 0.25) is 0 Å². The van der Waals surface area contributed by atoms with Gasteiger partial charge in [0.25, 0.3) is 5.89 Å². The molecule has 2 aromatic rings. The highest BCUT2D eigenvalue weighted by Crippen LogP contribution is 2.23. The van der Waals surface area contributed by atoms with Gasteiger partial charge in [0.2, 0.25) is 0 Å². The van der Waals surface area contributed by atoms with Crippen LogP contribution in [0.15, 0.2) is 22.7 Å². The molecule has 2 N–H and O–H groups in total. The Kier molecular flexibility index (Phi) is 2.70. The zero-order valence-corrected chi connectivity index (χ0v) is 9.07. The van der Waals surface area contributed by atoms with Gasteiger partial charge in [-0.1, -0.05) is 17.3 Å². The van der Waals surface area contributed by atoms with Gasteiger partial charge in [-0.2, -0.15) is 4.98 Å². The lowest BCUT2D eigenvalue weighted by Crippen LogP contribution is -2.06. The van der Waals surface area contributed by atoms with Gasteiger partial charge in [0, 0.05) is 0 Å². The SMILES string of the molecule is Cc1cccc(-c2nc(C(C)N)no2)c1F. The Morgan fingerprint density at radius 2 is 2.19 bits per heavy atom. The van der Waals surface area contributed by atoms with Gasteiger partial charge in [0.05, 0.1) is 11.6 Å². The van der Waals surface area contributed by atoms with Crippen LogP contribution in [0, 0.1) is 12.7 Å². The molecule has 0 amide bonds. The molecule has 0 aliphatic heterocycles. The van der Waals surface area contributed by atoms with E-state index < -0.39 is 0 Å². The molecule has 16 heavy (non-hydrogen) atoms. The van der Waals surface area contributed by atoms with E-state index in [1.165, 1.54) is 0 Å². The van der Waals surface area contributed by atoms with Gasteiger partial charge in [-0.15, -0.1) is 0 Å². The molecular weight excluding hydrogens is 209 g/mol. The molecule has 0 bridgehead atoms. The summed E-state index contributed by atoms with van der Waals surface area (Å²) in [6, 6.07) is 4.69. The zero-order chi connectivity index (χ0) is 11.7. The van der Waals surface area contributed by atoms with Crippen LogP contribution in [0.1, 0.15) is 24.4 Å². The summed E-state index contributed by atoms with van der Waals surface area (Å²) in [5, 5.41) is 3.69. The van der Waals surface area contributed by atoms with Gasteiger partial charge in [-0.05, 0) is 25.5 Å². The number of nitrogens with two attached hydrogens (primary N) is 1. The minimum absolute atomic E-state index is 0.161. The summed E-state index contributed by atoms with van der Waals surface area (Å²) >= 11 is 0. The fourth-order valence-electron chi connectivity index (χ4n) is 1.34. The van der Waals surface area contributed by atoms with Crippen molar-refractivity contribution in [1.82, 2.24) is 10.1 Å². The van der Waals surface area contributed by atoms with Crippen molar-refractivity contribution in [3.63, 3.8) is 0 Å². The second kappa shape index (κ2) is 4.02. The van der Waals surface area contributed by atoms with Crippen LogP contribution in [0.5, 0.6) is 0 Å². The highest BCUT2D eigenvalue weighted by molar-refractivity contribution is 5.55. The molecule has 84 valence electrons. The Morgan fingerprint density at radius 3 is 2.81 bits per heavy atom. The maximum Gasteiger partial charge on any atom is 0.260 e.